The molecule has 3 aromatic rings. The molecule has 0 aliphatic heterocycles. The van der Waals surface area contributed by atoms with Crippen LogP contribution in [0.3, 0.4) is 0 Å². The highest BCUT2D eigenvalue weighted by Crippen LogP contribution is 2.17. The highest BCUT2D eigenvalue weighted by atomic mass is 127. The van der Waals surface area contributed by atoms with Gasteiger partial charge >= 0.3 is 0 Å². The number of aromatic nitrogens is 2. The Morgan fingerprint density at radius 3 is 2.38 bits per heavy atom. The van der Waals surface area contributed by atoms with E-state index < -0.39 is 0 Å². The van der Waals surface area contributed by atoms with E-state index in [1.54, 1.807) is 13.3 Å². The molecule has 0 bridgehead atoms. The SMILES string of the molecule is CN=C(NCc1cccc(C)n1)NCc1coc(-c2ccccc2)n1.I. The summed E-state index contributed by atoms with van der Waals surface area (Å²) in [6, 6.07) is 15.8. The molecule has 0 atom stereocenters. The minimum Gasteiger partial charge on any atom is -0.444 e. The van der Waals surface area contributed by atoms with Crippen molar-refractivity contribution in [3.63, 3.8) is 0 Å². The average Bonchev–Trinajstić information content (AvgIpc) is 3.12. The van der Waals surface area contributed by atoms with Gasteiger partial charge in [0.1, 0.15) is 6.26 Å². The maximum atomic E-state index is 5.54. The number of rotatable bonds is 5. The summed E-state index contributed by atoms with van der Waals surface area (Å²) in [5, 5.41) is 6.46. The van der Waals surface area contributed by atoms with Crippen molar-refractivity contribution in [1.82, 2.24) is 20.6 Å². The standard InChI is InChI=1S/C19H21N5O.HI/c1-14-7-6-10-16(23-14)11-21-19(20-2)22-12-17-13-25-18(24-17)15-8-4-3-5-9-15;/h3-10,13H,11-12H2,1-2H3,(H2,20,21,22);1H. The first-order valence-corrected chi connectivity index (χ1v) is 8.11. The second-order valence-corrected chi connectivity index (χ2v) is 5.56. The molecule has 7 heteroatoms. The van der Waals surface area contributed by atoms with E-state index >= 15 is 0 Å². The van der Waals surface area contributed by atoms with E-state index in [0.29, 0.717) is 24.9 Å². The second kappa shape index (κ2) is 9.91. The lowest BCUT2D eigenvalue weighted by molar-refractivity contribution is 0.572. The van der Waals surface area contributed by atoms with Gasteiger partial charge < -0.3 is 15.1 Å². The molecule has 0 unspecified atom stereocenters. The Balaban J connectivity index is 0.00000243. The Kier molecular flexibility index (Phi) is 7.58. The fourth-order valence-electron chi connectivity index (χ4n) is 2.37. The van der Waals surface area contributed by atoms with Gasteiger partial charge in [-0.3, -0.25) is 9.98 Å². The molecule has 2 N–H and O–H groups in total. The quantitative estimate of drug-likeness (QED) is 0.344. The number of halogens is 1. The van der Waals surface area contributed by atoms with Gasteiger partial charge in [-0.05, 0) is 31.2 Å². The van der Waals surface area contributed by atoms with E-state index in [4.69, 9.17) is 4.42 Å². The zero-order chi connectivity index (χ0) is 17.5. The molecule has 3 rings (SSSR count). The molecule has 2 heterocycles. The van der Waals surface area contributed by atoms with E-state index in [2.05, 4.69) is 25.6 Å². The average molecular weight is 463 g/mol. The fourth-order valence-corrected chi connectivity index (χ4v) is 2.37. The van der Waals surface area contributed by atoms with Crippen molar-refractivity contribution in [3.8, 4) is 11.5 Å². The van der Waals surface area contributed by atoms with Crippen LogP contribution in [0.1, 0.15) is 17.1 Å². The third kappa shape index (κ3) is 5.55. The van der Waals surface area contributed by atoms with Crippen LogP contribution in [0.5, 0.6) is 0 Å². The maximum Gasteiger partial charge on any atom is 0.226 e. The Hall–Kier alpha value is -2.42. The number of nitrogens with one attached hydrogen (secondary N) is 2. The van der Waals surface area contributed by atoms with Crippen molar-refractivity contribution >= 4 is 29.9 Å². The molecular formula is C19H22IN5O. The van der Waals surface area contributed by atoms with Crippen molar-refractivity contribution < 1.29 is 4.42 Å². The predicted octanol–water partition coefficient (Wildman–Crippen LogP) is 3.53. The van der Waals surface area contributed by atoms with Crippen molar-refractivity contribution in [2.45, 2.75) is 20.0 Å². The molecule has 2 aromatic heterocycles. The number of oxazole rings is 1. The first-order chi connectivity index (χ1) is 12.2. The number of hydrogen-bond donors (Lipinski definition) is 2. The zero-order valence-corrected chi connectivity index (χ0v) is 17.1. The molecule has 0 spiro atoms. The highest BCUT2D eigenvalue weighted by Gasteiger charge is 2.07. The summed E-state index contributed by atoms with van der Waals surface area (Å²) in [5.74, 6) is 1.30. The smallest absolute Gasteiger partial charge is 0.226 e. The molecule has 136 valence electrons. The van der Waals surface area contributed by atoms with E-state index in [1.165, 1.54) is 0 Å². The van der Waals surface area contributed by atoms with E-state index in [0.717, 1.165) is 22.6 Å². The van der Waals surface area contributed by atoms with Gasteiger partial charge in [0.05, 0.1) is 24.5 Å². The largest absolute Gasteiger partial charge is 0.444 e. The van der Waals surface area contributed by atoms with Gasteiger partial charge in [0.25, 0.3) is 0 Å². The van der Waals surface area contributed by atoms with Crippen LogP contribution in [0, 0.1) is 6.92 Å². The molecule has 0 amide bonds. The normalized spacial score (nSPS) is 10.9. The van der Waals surface area contributed by atoms with E-state index in [1.807, 2.05) is 55.5 Å². The monoisotopic (exact) mass is 463 g/mol. The number of aryl methyl sites for hydroxylation is 1. The molecule has 0 radical (unpaired) electrons. The van der Waals surface area contributed by atoms with Crippen LogP contribution in [0.15, 0.2) is 64.2 Å². The molecule has 0 saturated heterocycles. The molecule has 0 aliphatic rings. The lowest BCUT2D eigenvalue weighted by atomic mass is 10.2. The number of guanidine groups is 1. The van der Waals surface area contributed by atoms with Crippen LogP contribution in [-0.4, -0.2) is 23.0 Å². The maximum absolute atomic E-state index is 5.54. The minimum atomic E-state index is 0. The summed E-state index contributed by atoms with van der Waals surface area (Å²) < 4.78 is 5.54. The minimum absolute atomic E-state index is 0. The lowest BCUT2D eigenvalue weighted by Gasteiger charge is -2.10. The Morgan fingerprint density at radius 1 is 0.962 bits per heavy atom. The fraction of sp³-hybridized carbons (Fsp3) is 0.211. The van der Waals surface area contributed by atoms with Gasteiger partial charge in [0.2, 0.25) is 5.89 Å². The topological polar surface area (TPSA) is 75.3 Å². The molecule has 0 saturated carbocycles. The first-order valence-electron chi connectivity index (χ1n) is 8.11. The molecule has 1 aromatic carbocycles. The highest BCUT2D eigenvalue weighted by molar-refractivity contribution is 14.0. The Bertz CT molecular complexity index is 848. The third-order valence-corrected chi connectivity index (χ3v) is 3.62. The number of hydrogen-bond acceptors (Lipinski definition) is 4. The molecular weight excluding hydrogens is 441 g/mol. The summed E-state index contributed by atoms with van der Waals surface area (Å²) >= 11 is 0. The van der Waals surface area contributed by atoms with E-state index in [-0.39, 0.29) is 24.0 Å². The van der Waals surface area contributed by atoms with Crippen molar-refractivity contribution in [1.29, 1.82) is 0 Å². The summed E-state index contributed by atoms with van der Waals surface area (Å²) in [6.45, 7) is 3.11. The van der Waals surface area contributed by atoms with Crippen LogP contribution >= 0.6 is 24.0 Å². The van der Waals surface area contributed by atoms with E-state index in [9.17, 15) is 0 Å². The summed E-state index contributed by atoms with van der Waals surface area (Å²) in [6.07, 6.45) is 1.66. The molecule has 6 nitrogen and oxygen atoms in total. The zero-order valence-electron chi connectivity index (χ0n) is 14.8. The van der Waals surface area contributed by atoms with Gasteiger partial charge in [0, 0.05) is 18.3 Å². The van der Waals surface area contributed by atoms with Crippen molar-refractivity contribution in [2.24, 2.45) is 4.99 Å². The van der Waals surface area contributed by atoms with Crippen molar-refractivity contribution in [2.75, 3.05) is 7.05 Å². The van der Waals surface area contributed by atoms with Gasteiger partial charge in [-0.2, -0.15) is 0 Å². The van der Waals surface area contributed by atoms with Crippen LogP contribution in [-0.2, 0) is 13.1 Å². The Morgan fingerprint density at radius 2 is 1.69 bits per heavy atom. The van der Waals surface area contributed by atoms with Crippen LogP contribution in [0.4, 0.5) is 0 Å². The van der Waals surface area contributed by atoms with Crippen molar-refractivity contribution in [3.05, 3.63) is 71.9 Å². The molecule has 0 fully saturated rings. The number of benzene rings is 1. The summed E-state index contributed by atoms with van der Waals surface area (Å²) in [7, 11) is 1.73. The van der Waals surface area contributed by atoms with Gasteiger partial charge in [0.15, 0.2) is 5.96 Å². The van der Waals surface area contributed by atoms with Crippen LogP contribution < -0.4 is 10.6 Å². The number of pyridine rings is 1. The Labute approximate surface area is 170 Å². The van der Waals surface area contributed by atoms with Gasteiger partial charge in [-0.25, -0.2) is 4.98 Å². The third-order valence-electron chi connectivity index (χ3n) is 3.62. The molecule has 0 aliphatic carbocycles. The van der Waals surface area contributed by atoms with Gasteiger partial charge in [-0.15, -0.1) is 24.0 Å². The number of aliphatic imine (C=N–C) groups is 1. The first kappa shape index (κ1) is 19.9. The second-order valence-electron chi connectivity index (χ2n) is 5.56. The predicted molar refractivity (Wildman–Crippen MR) is 113 cm³/mol. The lowest BCUT2D eigenvalue weighted by Crippen LogP contribution is -2.36. The van der Waals surface area contributed by atoms with Crippen LogP contribution in [0.25, 0.3) is 11.5 Å². The summed E-state index contributed by atoms with van der Waals surface area (Å²) in [5.41, 5.74) is 3.74. The van der Waals surface area contributed by atoms with Crippen LogP contribution in [0.2, 0.25) is 0 Å². The summed E-state index contributed by atoms with van der Waals surface area (Å²) in [4.78, 5) is 13.2. The number of nitrogens with zero attached hydrogens (tertiary/aromatic N) is 3. The molecule has 26 heavy (non-hydrogen) atoms. The van der Waals surface area contributed by atoms with Gasteiger partial charge in [-0.1, -0.05) is 24.3 Å².